The van der Waals surface area contributed by atoms with Gasteiger partial charge in [-0.15, -0.1) is 0 Å². The molecular formula is C14H32N6O4S. The number of hydrogen-bond donors (Lipinski definition) is 6. The van der Waals surface area contributed by atoms with Crippen LogP contribution in [0.15, 0.2) is 0 Å². The first-order chi connectivity index (χ1) is 11.4. The third kappa shape index (κ3) is 13.4. The number of nitrogens with two attached hydrogens (primary N) is 2. The maximum absolute atomic E-state index is 8.74. The molecule has 2 rings (SSSR count). The van der Waals surface area contributed by atoms with Crippen LogP contribution >= 0.6 is 0 Å². The van der Waals surface area contributed by atoms with Crippen molar-refractivity contribution in [2.24, 2.45) is 23.3 Å². The minimum absolute atomic E-state index is 0.228. The molecule has 2 heterocycles. The molecule has 0 bridgehead atoms. The third-order valence-corrected chi connectivity index (χ3v) is 4.00. The van der Waals surface area contributed by atoms with Gasteiger partial charge in [-0.2, -0.15) is 8.42 Å². The average molecular weight is 381 g/mol. The summed E-state index contributed by atoms with van der Waals surface area (Å²) in [5.41, 5.74) is 10.7. The second kappa shape index (κ2) is 11.1. The molecule has 0 aromatic heterocycles. The summed E-state index contributed by atoms with van der Waals surface area (Å²) in [5.74, 6) is 1.87. The van der Waals surface area contributed by atoms with Gasteiger partial charge in [0.1, 0.15) is 0 Å². The van der Waals surface area contributed by atoms with E-state index in [1.54, 1.807) is 0 Å². The van der Waals surface area contributed by atoms with Crippen molar-refractivity contribution in [2.45, 2.75) is 39.5 Å². The maximum atomic E-state index is 8.74. The van der Waals surface area contributed by atoms with E-state index in [2.05, 4.69) is 13.8 Å². The molecule has 25 heavy (non-hydrogen) atoms. The number of hydrogen-bond acceptors (Lipinski definition) is 4. The van der Waals surface area contributed by atoms with E-state index in [-0.39, 0.29) is 11.9 Å². The molecule has 0 aromatic rings. The van der Waals surface area contributed by atoms with Crippen molar-refractivity contribution >= 4 is 22.3 Å². The highest BCUT2D eigenvalue weighted by atomic mass is 32.3. The molecule has 0 aromatic carbocycles. The third-order valence-electron chi connectivity index (χ3n) is 4.00. The van der Waals surface area contributed by atoms with E-state index in [9.17, 15) is 0 Å². The van der Waals surface area contributed by atoms with Gasteiger partial charge in [0.05, 0.1) is 0 Å². The van der Waals surface area contributed by atoms with Crippen molar-refractivity contribution in [2.75, 3.05) is 26.2 Å². The van der Waals surface area contributed by atoms with Gasteiger partial charge < -0.3 is 21.3 Å². The molecule has 0 spiro atoms. The second-order valence-electron chi connectivity index (χ2n) is 6.61. The average Bonchev–Trinajstić information content (AvgIpc) is 2.46. The van der Waals surface area contributed by atoms with E-state index in [0.29, 0.717) is 11.8 Å². The Morgan fingerprint density at radius 1 is 0.920 bits per heavy atom. The van der Waals surface area contributed by atoms with Crippen LogP contribution in [0.5, 0.6) is 0 Å². The van der Waals surface area contributed by atoms with Crippen LogP contribution in [0.25, 0.3) is 0 Å². The number of likely N-dealkylation sites (tertiary alicyclic amines) is 2. The molecule has 0 radical (unpaired) electrons. The molecule has 148 valence electrons. The van der Waals surface area contributed by atoms with Gasteiger partial charge in [0.15, 0.2) is 11.9 Å². The fraction of sp³-hybridized carbons (Fsp3) is 0.857. The molecule has 11 heteroatoms. The Kier molecular flexibility index (Phi) is 10.4. The molecule has 2 aliphatic heterocycles. The first-order valence-corrected chi connectivity index (χ1v) is 9.67. The number of rotatable bonds is 0. The second-order valence-corrected chi connectivity index (χ2v) is 7.50. The molecule has 10 nitrogen and oxygen atoms in total. The highest BCUT2D eigenvalue weighted by molar-refractivity contribution is 7.79. The highest BCUT2D eigenvalue weighted by Crippen LogP contribution is 2.14. The molecule has 2 fully saturated rings. The van der Waals surface area contributed by atoms with Crippen LogP contribution in [-0.2, 0) is 10.4 Å². The van der Waals surface area contributed by atoms with Gasteiger partial charge in [-0.25, -0.2) is 0 Å². The Hall–Kier alpha value is -1.59. The lowest BCUT2D eigenvalue weighted by Gasteiger charge is -2.30. The molecule has 2 atom stereocenters. The van der Waals surface area contributed by atoms with Crippen molar-refractivity contribution in [3.8, 4) is 0 Å². The fourth-order valence-corrected chi connectivity index (χ4v) is 2.82. The molecule has 0 saturated carbocycles. The van der Waals surface area contributed by atoms with Gasteiger partial charge in [0.25, 0.3) is 0 Å². The van der Waals surface area contributed by atoms with Crippen LogP contribution in [0, 0.1) is 22.7 Å². The highest BCUT2D eigenvalue weighted by Gasteiger charge is 2.16. The maximum Gasteiger partial charge on any atom is 0.394 e. The lowest BCUT2D eigenvalue weighted by molar-refractivity contribution is 0.269. The summed E-state index contributed by atoms with van der Waals surface area (Å²) in [5, 5.41) is 14.4. The van der Waals surface area contributed by atoms with E-state index in [1.165, 1.54) is 25.7 Å². The quantitative estimate of drug-likeness (QED) is 0.200. The van der Waals surface area contributed by atoms with Crippen LogP contribution in [0.4, 0.5) is 0 Å². The molecule has 8 N–H and O–H groups in total. The van der Waals surface area contributed by atoms with Crippen LogP contribution < -0.4 is 11.5 Å². The van der Waals surface area contributed by atoms with Crippen molar-refractivity contribution in [1.29, 1.82) is 10.8 Å². The zero-order valence-electron chi connectivity index (χ0n) is 15.0. The normalized spacial score (nSPS) is 23.5. The Balaban J connectivity index is 0.000000368. The number of nitrogens with zero attached hydrogens (tertiary/aromatic N) is 2. The summed E-state index contributed by atoms with van der Waals surface area (Å²) >= 11 is 0. The first-order valence-electron chi connectivity index (χ1n) is 8.28. The van der Waals surface area contributed by atoms with Crippen LogP contribution in [-0.4, -0.2) is 65.4 Å². The molecule has 2 unspecified atom stereocenters. The topological polar surface area (TPSA) is 181 Å². The Bertz CT molecular complexity index is 487. The van der Waals surface area contributed by atoms with Crippen molar-refractivity contribution < 1.29 is 17.5 Å². The summed E-state index contributed by atoms with van der Waals surface area (Å²) in [6.07, 6.45) is 4.93. The van der Waals surface area contributed by atoms with Crippen molar-refractivity contribution in [3.05, 3.63) is 0 Å². The Morgan fingerprint density at radius 2 is 1.20 bits per heavy atom. The number of piperidine rings is 2. The Labute approximate surface area is 150 Å². The lowest BCUT2D eigenvalue weighted by Crippen LogP contribution is -2.42. The number of nitrogens with one attached hydrogen (secondary N) is 2. The summed E-state index contributed by atoms with van der Waals surface area (Å²) in [6.45, 7) is 8.29. The molecular weight excluding hydrogens is 348 g/mol. The van der Waals surface area contributed by atoms with E-state index in [1.807, 2.05) is 9.80 Å². The lowest BCUT2D eigenvalue weighted by atomic mass is 10.0. The summed E-state index contributed by atoms with van der Waals surface area (Å²) < 4.78 is 31.6. The van der Waals surface area contributed by atoms with E-state index >= 15 is 0 Å². The number of guanidine groups is 2. The molecule has 0 amide bonds. The van der Waals surface area contributed by atoms with Crippen molar-refractivity contribution in [3.63, 3.8) is 0 Å². The predicted octanol–water partition coefficient (Wildman–Crippen LogP) is 0.571. The van der Waals surface area contributed by atoms with Gasteiger partial charge in [-0.1, -0.05) is 13.8 Å². The Morgan fingerprint density at radius 3 is 1.36 bits per heavy atom. The van der Waals surface area contributed by atoms with Gasteiger partial charge in [0, 0.05) is 26.2 Å². The van der Waals surface area contributed by atoms with Gasteiger partial charge in [-0.3, -0.25) is 19.9 Å². The summed E-state index contributed by atoms with van der Waals surface area (Å²) in [4.78, 5) is 3.88. The largest absolute Gasteiger partial charge is 0.394 e. The molecule has 2 aliphatic rings. The van der Waals surface area contributed by atoms with Crippen molar-refractivity contribution in [1.82, 2.24) is 9.80 Å². The van der Waals surface area contributed by atoms with Crippen LogP contribution in [0.3, 0.4) is 0 Å². The van der Waals surface area contributed by atoms with Gasteiger partial charge >= 0.3 is 10.4 Å². The van der Waals surface area contributed by atoms with Gasteiger partial charge in [-0.05, 0) is 37.5 Å². The zero-order chi connectivity index (χ0) is 19.6. The monoisotopic (exact) mass is 380 g/mol. The SMILES string of the molecule is CC1CCCN(C(=N)N)C1.CC1CCCN(C(=N)N)C1.O=S(=O)(O)O. The smallest absolute Gasteiger partial charge is 0.370 e. The van der Waals surface area contributed by atoms with Crippen LogP contribution in [0.2, 0.25) is 0 Å². The molecule has 0 aliphatic carbocycles. The zero-order valence-corrected chi connectivity index (χ0v) is 15.8. The molecule has 2 saturated heterocycles. The first kappa shape index (κ1) is 23.4. The predicted molar refractivity (Wildman–Crippen MR) is 97.9 cm³/mol. The van der Waals surface area contributed by atoms with E-state index in [4.69, 9.17) is 39.8 Å². The van der Waals surface area contributed by atoms with E-state index < -0.39 is 10.4 Å². The van der Waals surface area contributed by atoms with E-state index in [0.717, 1.165) is 26.2 Å². The summed E-state index contributed by atoms with van der Waals surface area (Å²) in [7, 11) is -4.67. The summed E-state index contributed by atoms with van der Waals surface area (Å²) in [6, 6.07) is 0. The minimum atomic E-state index is -4.67. The minimum Gasteiger partial charge on any atom is -0.370 e. The van der Waals surface area contributed by atoms with Gasteiger partial charge in [0.2, 0.25) is 0 Å². The fourth-order valence-electron chi connectivity index (χ4n) is 2.82. The standard InChI is InChI=1S/2C7H15N3.H2O4S/c2*1-6-3-2-4-10(5-6)7(8)9;1-5(2,3)4/h2*6H,2-5H2,1H3,(H3,8,9);(H2,1,2,3,4). The van der Waals surface area contributed by atoms with Crippen LogP contribution in [0.1, 0.15) is 39.5 Å².